The van der Waals surface area contributed by atoms with Crippen molar-refractivity contribution in [3.8, 4) is 0 Å². The maximum atomic E-state index is 13.1. The van der Waals surface area contributed by atoms with Crippen molar-refractivity contribution in [2.75, 3.05) is 11.9 Å². The Balaban J connectivity index is 3.12. The van der Waals surface area contributed by atoms with Crippen LogP contribution in [0.5, 0.6) is 0 Å². The smallest absolute Gasteiger partial charge is 0.391 e. The van der Waals surface area contributed by atoms with Crippen LogP contribution in [0.4, 0.5) is 23.2 Å². The zero-order valence-electron chi connectivity index (χ0n) is 11.1. The minimum Gasteiger partial charge on any atom is -0.391 e. The van der Waals surface area contributed by atoms with E-state index in [0.717, 1.165) is 12.1 Å². The quantitative estimate of drug-likeness (QED) is 0.788. The van der Waals surface area contributed by atoms with Crippen LogP contribution in [0.15, 0.2) is 23.1 Å². The molecule has 0 aliphatic carbocycles. The van der Waals surface area contributed by atoms with Gasteiger partial charge >= 0.3 is 5.51 Å². The lowest BCUT2D eigenvalue weighted by molar-refractivity contribution is -0.0435. The number of alkyl halides is 3. The van der Waals surface area contributed by atoms with Gasteiger partial charge in [0, 0.05) is 6.54 Å². The molecule has 1 atom stereocenters. The van der Waals surface area contributed by atoms with Crippen LogP contribution in [-0.4, -0.2) is 31.7 Å². The van der Waals surface area contributed by atoms with Gasteiger partial charge in [-0.05, 0) is 24.6 Å². The molecule has 0 fully saturated rings. The van der Waals surface area contributed by atoms with Gasteiger partial charge in [0.2, 0.25) is 0 Å². The van der Waals surface area contributed by atoms with Crippen molar-refractivity contribution < 1.29 is 31.1 Å². The molecule has 0 saturated carbocycles. The minimum absolute atomic E-state index is 0.139. The van der Waals surface area contributed by atoms with Crippen molar-refractivity contribution in [2.45, 2.75) is 36.3 Å². The number of nitrogens with one attached hydrogen (secondary N) is 1. The van der Waals surface area contributed by atoms with Crippen LogP contribution in [0.1, 0.15) is 19.8 Å². The molecule has 0 aliphatic rings. The number of hydrogen-bond acceptors (Lipinski definition) is 4. The van der Waals surface area contributed by atoms with Gasteiger partial charge in [-0.2, -0.15) is 13.2 Å². The van der Waals surface area contributed by atoms with Crippen molar-refractivity contribution in [3.63, 3.8) is 0 Å². The lowest BCUT2D eigenvalue weighted by atomic mass is 10.2. The first-order valence-corrected chi connectivity index (χ1v) is 7.60. The molecule has 0 amide bonds. The lowest BCUT2D eigenvalue weighted by Gasteiger charge is -2.16. The number of rotatable bonds is 6. The monoisotopic (exact) mass is 329 g/mol. The number of aliphatic hydroxyl groups is 1. The fraction of sp³-hybridized carbons (Fsp3) is 0.500. The summed E-state index contributed by atoms with van der Waals surface area (Å²) in [4.78, 5) is -1.20. The molecule has 120 valence electrons. The van der Waals surface area contributed by atoms with E-state index < -0.39 is 37.8 Å². The molecule has 0 aromatic heterocycles. The van der Waals surface area contributed by atoms with Crippen LogP contribution in [0, 0.1) is 5.82 Å². The number of aliphatic hydroxyl groups excluding tert-OH is 1. The number of sulfone groups is 1. The first kappa shape index (κ1) is 17.7. The molecule has 1 unspecified atom stereocenters. The van der Waals surface area contributed by atoms with Gasteiger partial charge in [0.25, 0.3) is 9.84 Å². The summed E-state index contributed by atoms with van der Waals surface area (Å²) in [6, 6.07) is 2.04. The van der Waals surface area contributed by atoms with E-state index in [2.05, 4.69) is 5.32 Å². The minimum atomic E-state index is -5.67. The summed E-state index contributed by atoms with van der Waals surface area (Å²) in [5.74, 6) is -1.10. The van der Waals surface area contributed by atoms with Gasteiger partial charge in [0.15, 0.2) is 0 Å². The molecule has 9 heteroatoms. The Kier molecular flexibility index (Phi) is 5.57. The second-order valence-corrected chi connectivity index (χ2v) is 6.32. The maximum absolute atomic E-state index is 13.1. The van der Waals surface area contributed by atoms with Crippen LogP contribution < -0.4 is 5.32 Å². The fourth-order valence-corrected chi connectivity index (χ4v) is 2.60. The molecule has 0 saturated heterocycles. The van der Waals surface area contributed by atoms with Crippen LogP contribution in [0.2, 0.25) is 0 Å². The number of anilines is 1. The third-order valence-corrected chi connectivity index (χ3v) is 4.21. The van der Waals surface area contributed by atoms with Crippen LogP contribution in [0.3, 0.4) is 0 Å². The van der Waals surface area contributed by atoms with E-state index in [1.807, 2.05) is 0 Å². The highest BCUT2D eigenvalue weighted by Gasteiger charge is 2.48. The normalized spacial score (nSPS) is 14.0. The Labute approximate surface area is 119 Å². The van der Waals surface area contributed by atoms with E-state index in [9.17, 15) is 31.1 Å². The van der Waals surface area contributed by atoms with Gasteiger partial charge in [-0.15, -0.1) is 0 Å². The van der Waals surface area contributed by atoms with Crippen molar-refractivity contribution in [2.24, 2.45) is 0 Å². The lowest BCUT2D eigenvalue weighted by Crippen LogP contribution is -2.26. The van der Waals surface area contributed by atoms with Gasteiger partial charge in [0.05, 0.1) is 11.8 Å². The molecule has 2 N–H and O–H groups in total. The Morgan fingerprint density at radius 1 is 1.33 bits per heavy atom. The number of hydrogen-bond donors (Lipinski definition) is 2. The Morgan fingerprint density at radius 2 is 1.95 bits per heavy atom. The molecule has 0 heterocycles. The molecule has 1 aromatic rings. The van der Waals surface area contributed by atoms with E-state index in [1.165, 1.54) is 0 Å². The molecule has 0 aliphatic heterocycles. The number of halogens is 4. The Bertz CT molecular complexity index is 587. The summed E-state index contributed by atoms with van der Waals surface area (Å²) in [5, 5.41) is 11.9. The van der Waals surface area contributed by atoms with Crippen LogP contribution in [-0.2, 0) is 9.84 Å². The standard InChI is InChI=1S/C12H15F4NO3S/c1-2-3-9(18)7-17-10-5-4-8(13)6-11(10)21(19,20)12(14,15)16/h4-6,9,17-18H,2-3,7H2,1H3. The third kappa shape index (κ3) is 4.31. The highest BCUT2D eigenvalue weighted by atomic mass is 32.2. The van der Waals surface area contributed by atoms with Gasteiger partial charge in [-0.1, -0.05) is 13.3 Å². The van der Waals surface area contributed by atoms with E-state index in [4.69, 9.17) is 0 Å². The van der Waals surface area contributed by atoms with Crippen molar-refractivity contribution in [3.05, 3.63) is 24.0 Å². The molecule has 0 radical (unpaired) electrons. The van der Waals surface area contributed by atoms with Crippen molar-refractivity contribution in [1.29, 1.82) is 0 Å². The van der Waals surface area contributed by atoms with Gasteiger partial charge in [-0.25, -0.2) is 12.8 Å². The summed E-state index contributed by atoms with van der Waals surface area (Å²) in [6.07, 6.45) is 0.205. The van der Waals surface area contributed by atoms with E-state index >= 15 is 0 Å². The third-order valence-electron chi connectivity index (χ3n) is 2.69. The van der Waals surface area contributed by atoms with E-state index in [1.54, 1.807) is 6.92 Å². The summed E-state index contributed by atoms with van der Waals surface area (Å²) in [5.41, 5.74) is -5.93. The summed E-state index contributed by atoms with van der Waals surface area (Å²) in [7, 11) is -5.67. The van der Waals surface area contributed by atoms with Crippen molar-refractivity contribution >= 4 is 15.5 Å². The number of benzene rings is 1. The largest absolute Gasteiger partial charge is 0.501 e. The topological polar surface area (TPSA) is 66.4 Å². The summed E-state index contributed by atoms with van der Waals surface area (Å²) in [6.45, 7) is 1.67. The highest BCUT2D eigenvalue weighted by molar-refractivity contribution is 7.92. The average Bonchev–Trinajstić information content (AvgIpc) is 2.36. The molecule has 21 heavy (non-hydrogen) atoms. The zero-order valence-corrected chi connectivity index (χ0v) is 11.9. The van der Waals surface area contributed by atoms with Crippen LogP contribution >= 0.6 is 0 Å². The van der Waals surface area contributed by atoms with Crippen LogP contribution in [0.25, 0.3) is 0 Å². The second-order valence-electron chi connectivity index (χ2n) is 4.41. The van der Waals surface area contributed by atoms with E-state index in [-0.39, 0.29) is 6.54 Å². The first-order chi connectivity index (χ1) is 9.59. The molecule has 1 rings (SSSR count). The molecular weight excluding hydrogens is 314 g/mol. The SMILES string of the molecule is CCCC(O)CNc1ccc(F)cc1S(=O)(=O)C(F)(F)F. The predicted octanol–water partition coefficient (Wildman–Crippen LogP) is 2.69. The van der Waals surface area contributed by atoms with E-state index in [0.29, 0.717) is 18.9 Å². The summed E-state index contributed by atoms with van der Waals surface area (Å²) < 4.78 is 73.6. The second kappa shape index (κ2) is 6.61. The Hall–Kier alpha value is -1.35. The van der Waals surface area contributed by atoms with Gasteiger partial charge in [0.1, 0.15) is 10.7 Å². The first-order valence-electron chi connectivity index (χ1n) is 6.12. The molecule has 0 bridgehead atoms. The van der Waals surface area contributed by atoms with Gasteiger partial charge < -0.3 is 10.4 Å². The molecule has 1 aromatic carbocycles. The van der Waals surface area contributed by atoms with Gasteiger partial charge in [-0.3, -0.25) is 0 Å². The fourth-order valence-electron chi connectivity index (χ4n) is 1.65. The maximum Gasteiger partial charge on any atom is 0.501 e. The highest BCUT2D eigenvalue weighted by Crippen LogP contribution is 2.34. The van der Waals surface area contributed by atoms with Crippen molar-refractivity contribution in [1.82, 2.24) is 0 Å². The average molecular weight is 329 g/mol. The molecular formula is C12H15F4NO3S. The molecule has 0 spiro atoms. The zero-order chi connectivity index (χ0) is 16.3. The predicted molar refractivity (Wildman–Crippen MR) is 69.0 cm³/mol. The molecule has 4 nitrogen and oxygen atoms in total. The Morgan fingerprint density at radius 3 is 2.48 bits per heavy atom. The summed E-state index contributed by atoms with van der Waals surface area (Å²) >= 11 is 0.